The molecule has 0 saturated carbocycles. The first-order valence-electron chi connectivity index (χ1n) is 31.3. The van der Waals surface area contributed by atoms with Gasteiger partial charge in [0.05, 0.1) is 12.4 Å². The molecular weight excluding hydrogens is 1340 g/mol. The summed E-state index contributed by atoms with van der Waals surface area (Å²) in [5.41, 5.74) is 0.770. The van der Waals surface area contributed by atoms with E-state index in [0.717, 1.165) is 0 Å². The van der Waals surface area contributed by atoms with Gasteiger partial charge in [-0.15, -0.1) is 5.10 Å². The molecule has 4 aromatic rings. The number of aryl methyl sites for hydroxylation is 1. The highest BCUT2D eigenvalue weighted by Crippen LogP contribution is 2.29. The van der Waals surface area contributed by atoms with Crippen molar-refractivity contribution in [2.24, 2.45) is 0 Å². The summed E-state index contributed by atoms with van der Waals surface area (Å²) in [6.07, 6.45) is -4.82. The van der Waals surface area contributed by atoms with Crippen molar-refractivity contribution in [2.75, 3.05) is 12.0 Å². The van der Waals surface area contributed by atoms with E-state index in [2.05, 4.69) is 36.9 Å². The number of aliphatic carboxylic acids is 9. The summed E-state index contributed by atoms with van der Waals surface area (Å²) in [6, 6.07) is 4.04. The van der Waals surface area contributed by atoms with Crippen LogP contribution in [0.15, 0.2) is 79.0 Å². The minimum absolute atomic E-state index is 0.109. The normalized spacial score (nSPS) is 13.3. The summed E-state index contributed by atoms with van der Waals surface area (Å²) in [6.45, 7) is -1.15. The Morgan fingerprint density at radius 3 is 1.08 bits per heavy atom. The maximum absolute atomic E-state index is 14.2. The zero-order valence-electron chi connectivity index (χ0n) is 54.1. The van der Waals surface area contributed by atoms with Crippen molar-refractivity contribution in [2.45, 2.75) is 170 Å². The quantitative estimate of drug-likeness (QED) is 0.0298. The molecule has 0 aliphatic rings. The average Bonchev–Trinajstić information content (AvgIpc) is 1.77. The number of rotatable bonds is 47. The number of Topliss-reactive ketones (excluding diaryl/α,β-unsaturated/α-hetero) is 2. The minimum Gasteiger partial charge on any atom is -0.481 e. The molecule has 0 saturated heterocycles. The maximum atomic E-state index is 14.2. The van der Waals surface area contributed by atoms with Crippen molar-refractivity contribution in [1.29, 1.82) is 0 Å². The molecule has 0 aliphatic heterocycles. The van der Waals surface area contributed by atoms with Crippen LogP contribution in [0.25, 0.3) is 0 Å². The molecule has 0 bridgehead atoms. The molecule has 17 N–H and O–H groups in total. The summed E-state index contributed by atoms with van der Waals surface area (Å²) in [5.74, 6) is -15.5. The second-order valence-electron chi connectivity index (χ2n) is 23.4. The van der Waals surface area contributed by atoms with Gasteiger partial charge in [0.25, 0.3) is 0 Å². The number of nitrogens with one attached hydrogen (secondary N) is 8. The number of carbonyl (C=O) groups excluding carboxylic acids is 7. The number of carboxylic acid groups (broad SMARTS) is 9. The van der Waals surface area contributed by atoms with Crippen molar-refractivity contribution >= 4 is 101 Å². The van der Waals surface area contributed by atoms with Crippen molar-refractivity contribution < 1.29 is 127 Å². The van der Waals surface area contributed by atoms with Crippen LogP contribution in [0.5, 0.6) is 0 Å². The second-order valence-corrected chi connectivity index (χ2v) is 23.4. The lowest BCUT2D eigenvalue weighted by Gasteiger charge is -2.35. The summed E-state index contributed by atoms with van der Waals surface area (Å²) in [4.78, 5) is 199. The molecule has 0 aliphatic carbocycles. The van der Waals surface area contributed by atoms with Gasteiger partial charge in [-0.25, -0.2) is 47.8 Å². The Morgan fingerprint density at radius 1 is 0.416 bits per heavy atom. The molecular formula is C64H78FN11O25. The molecule has 1 heterocycles. The lowest BCUT2D eigenvalue weighted by molar-refractivity contribution is -0.142. The standard InChI is InChI=1S/C64H78FN11O25/c65-27-1-2-41-33-76(75-74-41)34-51(80)73-64(24-21-42(77)28-35-3-7-37(8-4-35)30-47(58(93)94)70-61(99)67-44(55(87)88)15-18-52(81)82,25-22-43(78)29-36-5-9-38(10-6-36)31-48(59(95)96)71-62(100)68-45(56(89)90)16-19-53(83)84)26-23-50(79)66-40-13-11-39(12-14-40)32-49(60(97)98)72-63(101)69-46(57(91)92)17-20-54(85)86/h3-14,33,44-49H,1-2,15-32,34H2,(H,66,79)(H,73,80)(H,81,82)(H,83,84)(H,85,86)(H,87,88)(H,89,90)(H,91,92)(H,93,94)(H,95,96)(H,97,98)(H2,67,70,99)(H2,68,71,100)(H2,69,72,101)/t44?,45?,46?,47-,48-,49-,64?/m0/s1. The number of anilines is 1. The molecule has 36 nitrogen and oxygen atoms in total. The van der Waals surface area contributed by atoms with Gasteiger partial charge in [0.15, 0.2) is 0 Å². The average molecular weight is 1420 g/mol. The van der Waals surface area contributed by atoms with Crippen molar-refractivity contribution in [3.05, 3.63) is 113 Å². The van der Waals surface area contributed by atoms with E-state index >= 15 is 0 Å². The number of amides is 8. The molecule has 8 amide bonds. The SMILES string of the molecule is O=C(O)CCC(NC(=O)N[C@@H](Cc1ccc(CC(=O)CCC(CCC(=O)Cc2ccc(C[C@H](NC(=O)NC(CCC(=O)O)C(=O)O)C(=O)O)cc2)(CCC(=O)Nc2ccc(C[C@H](NC(=O)NC(CCC(=O)O)C(=O)O)C(=O)O)cc2)NC(=O)Cn2cc(CCCF)nn2)cc1)C(=O)O)C(=O)O. The highest BCUT2D eigenvalue weighted by atomic mass is 19.1. The summed E-state index contributed by atoms with van der Waals surface area (Å²) < 4.78 is 14.2. The Kier molecular flexibility index (Phi) is 32.8. The van der Waals surface area contributed by atoms with Crippen LogP contribution in [0.2, 0.25) is 0 Å². The first kappa shape index (κ1) is 81.5. The molecule has 1 aromatic heterocycles. The Labute approximate surface area is 573 Å². The topological polar surface area (TPSA) is 582 Å². The van der Waals surface area contributed by atoms with Crippen LogP contribution >= 0.6 is 0 Å². The Balaban J connectivity index is 1.61. The lowest BCUT2D eigenvalue weighted by atomic mass is 9.81. The van der Waals surface area contributed by atoms with Crippen molar-refractivity contribution in [3.8, 4) is 0 Å². The number of alkyl halides is 1. The number of nitrogens with zero attached hydrogens (tertiary/aromatic N) is 3. The molecule has 0 fully saturated rings. The Bertz CT molecular complexity index is 3310. The predicted octanol–water partition coefficient (Wildman–Crippen LogP) is 1.48. The van der Waals surface area contributed by atoms with Crippen LogP contribution in [0.1, 0.15) is 117 Å². The molecule has 4 rings (SSSR count). The highest BCUT2D eigenvalue weighted by Gasteiger charge is 2.35. The van der Waals surface area contributed by atoms with Gasteiger partial charge in [-0.3, -0.25) is 38.0 Å². The van der Waals surface area contributed by atoms with E-state index in [1.807, 2.05) is 16.0 Å². The highest BCUT2D eigenvalue weighted by molar-refractivity contribution is 5.92. The smallest absolute Gasteiger partial charge is 0.326 e. The van der Waals surface area contributed by atoms with Gasteiger partial charge < -0.3 is 88.5 Å². The van der Waals surface area contributed by atoms with Gasteiger partial charge in [-0.2, -0.15) is 0 Å². The number of hydrogen-bond acceptors (Lipinski definition) is 18. The largest absolute Gasteiger partial charge is 0.481 e. The van der Waals surface area contributed by atoms with Crippen LogP contribution in [-0.4, -0.2) is 205 Å². The number of urea groups is 3. The van der Waals surface area contributed by atoms with E-state index in [0.29, 0.717) is 33.5 Å². The molecule has 0 spiro atoms. The van der Waals surface area contributed by atoms with Crippen molar-refractivity contribution in [1.82, 2.24) is 52.2 Å². The fraction of sp³-hybridized carbons (Fsp3) is 0.438. The third kappa shape index (κ3) is 31.0. The monoisotopic (exact) mass is 1420 g/mol. The van der Waals surface area contributed by atoms with Gasteiger partial charge in [0, 0.05) is 88.1 Å². The molecule has 6 atom stereocenters. The number of hydrogen-bond donors (Lipinski definition) is 17. The fourth-order valence-corrected chi connectivity index (χ4v) is 10.1. The maximum Gasteiger partial charge on any atom is 0.326 e. The second kappa shape index (κ2) is 40.7. The number of aromatic nitrogens is 3. The third-order valence-electron chi connectivity index (χ3n) is 15.4. The number of ketones is 2. The number of carbonyl (C=O) groups is 16. The van der Waals surface area contributed by atoms with E-state index in [9.17, 15) is 112 Å². The van der Waals surface area contributed by atoms with Gasteiger partial charge in [0.2, 0.25) is 11.8 Å². The zero-order chi connectivity index (χ0) is 74.9. The van der Waals surface area contributed by atoms with Gasteiger partial charge in [-0.1, -0.05) is 65.9 Å². The van der Waals surface area contributed by atoms with Gasteiger partial charge in [-0.05, 0) is 91.3 Å². The summed E-state index contributed by atoms with van der Waals surface area (Å²) in [5, 5.41) is 111. The molecule has 3 aromatic carbocycles. The molecule has 546 valence electrons. The van der Waals surface area contributed by atoms with E-state index in [1.165, 1.54) is 83.7 Å². The number of carboxylic acids is 9. The van der Waals surface area contributed by atoms with E-state index in [1.54, 1.807) is 0 Å². The minimum atomic E-state index is -1.66. The molecule has 101 heavy (non-hydrogen) atoms. The Morgan fingerprint density at radius 2 is 0.743 bits per heavy atom. The first-order valence-corrected chi connectivity index (χ1v) is 31.3. The molecule has 0 radical (unpaired) electrons. The Hall–Kier alpha value is -11.9. The number of halogens is 1. The number of benzene rings is 3. The van der Waals surface area contributed by atoms with Crippen LogP contribution in [0, 0.1) is 0 Å². The zero-order valence-corrected chi connectivity index (χ0v) is 54.1. The van der Waals surface area contributed by atoms with Crippen LogP contribution in [-0.2, 0) is 107 Å². The predicted molar refractivity (Wildman–Crippen MR) is 344 cm³/mol. The van der Waals surface area contributed by atoms with Gasteiger partial charge in [0.1, 0.15) is 54.4 Å². The fourth-order valence-electron chi connectivity index (χ4n) is 10.1. The molecule has 37 heteroatoms. The van der Waals surface area contributed by atoms with Gasteiger partial charge >= 0.3 is 71.8 Å². The van der Waals surface area contributed by atoms with Crippen molar-refractivity contribution in [3.63, 3.8) is 0 Å². The third-order valence-corrected chi connectivity index (χ3v) is 15.4. The molecule has 3 unspecified atom stereocenters. The first-order chi connectivity index (χ1) is 47.7. The van der Waals surface area contributed by atoms with Crippen LogP contribution < -0.4 is 42.5 Å². The van der Waals surface area contributed by atoms with Crippen LogP contribution in [0.3, 0.4) is 0 Å². The van der Waals surface area contributed by atoms with Crippen LogP contribution in [0.4, 0.5) is 24.5 Å². The van der Waals surface area contributed by atoms with E-state index < -0.39 is 195 Å². The summed E-state index contributed by atoms with van der Waals surface area (Å²) >= 11 is 0. The lowest BCUT2D eigenvalue weighted by Crippen LogP contribution is -2.51. The van der Waals surface area contributed by atoms with E-state index in [-0.39, 0.29) is 82.7 Å². The van der Waals surface area contributed by atoms with E-state index in [4.69, 9.17) is 15.3 Å². The summed E-state index contributed by atoms with van der Waals surface area (Å²) in [7, 11) is 0.